The van der Waals surface area contributed by atoms with E-state index >= 15 is 0 Å². The number of carbonyl (C=O) groups is 1. The van der Waals surface area contributed by atoms with Crippen LogP contribution in [-0.4, -0.2) is 31.1 Å². The zero-order valence-electron chi connectivity index (χ0n) is 12.8. The number of sulfonamides is 1. The first-order valence-corrected chi connectivity index (χ1v) is 9.56. The quantitative estimate of drug-likeness (QED) is 0.479. The van der Waals surface area contributed by atoms with E-state index in [1.54, 1.807) is 25.1 Å². The van der Waals surface area contributed by atoms with Gasteiger partial charge in [0.05, 0.1) is 6.04 Å². The van der Waals surface area contributed by atoms with Crippen LogP contribution < -0.4 is 14.8 Å². The fraction of sp³-hybridized carbons (Fsp3) is 0.357. The van der Waals surface area contributed by atoms with Crippen molar-refractivity contribution in [3.63, 3.8) is 0 Å². The van der Waals surface area contributed by atoms with Crippen LogP contribution in [0, 0.1) is 0 Å². The fourth-order valence-electron chi connectivity index (χ4n) is 1.62. The number of ether oxygens (including phenoxy) is 1. The molecule has 0 saturated heterocycles. The molecule has 0 saturated carbocycles. The third kappa shape index (κ3) is 6.86. The average molecular weight is 416 g/mol. The largest absolute Gasteiger partial charge is 0.492 e. The van der Waals surface area contributed by atoms with Crippen LogP contribution in [0.15, 0.2) is 30.9 Å². The minimum absolute atomic E-state index is 0.0554. The Labute approximate surface area is 156 Å². The van der Waals surface area contributed by atoms with E-state index in [4.69, 9.17) is 39.5 Å². The molecule has 1 atom stereocenters. The van der Waals surface area contributed by atoms with Gasteiger partial charge in [0.25, 0.3) is 0 Å². The third-order valence-electron chi connectivity index (χ3n) is 2.76. The standard InChI is InChI=1S/C14H17Cl3N2O4S/c1-3-13(20)18-7-10-6-11(4-5-12(10)15)23-8-9(2)19-24(21,22)14(16)17/h3-6,9,14,19H,1,7-8H2,2H3,(H,18,20)/t9-/m0/s1. The number of benzene rings is 1. The highest BCUT2D eigenvalue weighted by Crippen LogP contribution is 2.22. The van der Waals surface area contributed by atoms with Crippen LogP contribution in [0.3, 0.4) is 0 Å². The van der Waals surface area contributed by atoms with E-state index in [-0.39, 0.29) is 19.1 Å². The molecule has 2 N–H and O–H groups in total. The van der Waals surface area contributed by atoms with Gasteiger partial charge >= 0.3 is 0 Å². The molecule has 10 heteroatoms. The van der Waals surface area contributed by atoms with Gasteiger partial charge < -0.3 is 10.1 Å². The van der Waals surface area contributed by atoms with Crippen LogP contribution >= 0.6 is 34.8 Å². The summed E-state index contributed by atoms with van der Waals surface area (Å²) in [6.45, 7) is 5.23. The summed E-state index contributed by atoms with van der Waals surface area (Å²) < 4.78 is 29.3. The fourth-order valence-corrected chi connectivity index (χ4v) is 2.84. The molecule has 0 aliphatic heterocycles. The van der Waals surface area contributed by atoms with Gasteiger partial charge in [0.2, 0.25) is 20.1 Å². The predicted molar refractivity (Wildman–Crippen MR) is 96.0 cm³/mol. The Morgan fingerprint density at radius 3 is 2.67 bits per heavy atom. The highest BCUT2D eigenvalue weighted by Gasteiger charge is 2.22. The maximum absolute atomic E-state index is 11.5. The molecule has 0 radical (unpaired) electrons. The Morgan fingerprint density at radius 1 is 1.42 bits per heavy atom. The Hall–Kier alpha value is -0.990. The maximum atomic E-state index is 11.5. The molecule has 1 aromatic carbocycles. The number of hydrogen-bond acceptors (Lipinski definition) is 4. The summed E-state index contributed by atoms with van der Waals surface area (Å²) in [5, 5.41) is 3.07. The summed E-state index contributed by atoms with van der Waals surface area (Å²) in [6.07, 6.45) is 1.16. The average Bonchev–Trinajstić information content (AvgIpc) is 2.51. The predicted octanol–water partition coefficient (Wildman–Crippen LogP) is 2.59. The number of halogens is 3. The molecule has 0 aromatic heterocycles. The van der Waals surface area contributed by atoms with Gasteiger partial charge in [-0.2, -0.15) is 0 Å². The Balaban J connectivity index is 2.65. The number of alkyl halides is 2. The van der Waals surface area contributed by atoms with Crippen molar-refractivity contribution in [3.05, 3.63) is 41.4 Å². The molecule has 1 aromatic rings. The molecule has 1 amide bonds. The zero-order chi connectivity index (χ0) is 18.3. The van der Waals surface area contributed by atoms with Crippen molar-refractivity contribution in [2.45, 2.75) is 23.7 Å². The van der Waals surface area contributed by atoms with Crippen molar-refractivity contribution in [2.24, 2.45) is 0 Å². The number of hydrogen-bond donors (Lipinski definition) is 2. The first-order valence-electron chi connectivity index (χ1n) is 6.76. The Bertz CT molecular complexity index is 695. The van der Waals surface area contributed by atoms with Crippen LogP contribution in [0.5, 0.6) is 5.75 Å². The molecular weight excluding hydrogens is 399 g/mol. The van der Waals surface area contributed by atoms with Crippen molar-refractivity contribution < 1.29 is 17.9 Å². The van der Waals surface area contributed by atoms with E-state index in [0.717, 1.165) is 6.08 Å². The Morgan fingerprint density at radius 2 is 2.08 bits per heavy atom. The highest BCUT2D eigenvalue weighted by molar-refractivity contribution is 7.92. The molecule has 0 bridgehead atoms. The van der Waals surface area contributed by atoms with Crippen molar-refractivity contribution in [1.29, 1.82) is 0 Å². The summed E-state index contributed by atoms with van der Waals surface area (Å²) in [7, 11) is -3.81. The van der Waals surface area contributed by atoms with E-state index in [1.165, 1.54) is 0 Å². The maximum Gasteiger partial charge on any atom is 0.243 e. The second kappa shape index (κ2) is 9.48. The van der Waals surface area contributed by atoms with Gasteiger partial charge in [-0.3, -0.25) is 4.79 Å². The molecule has 24 heavy (non-hydrogen) atoms. The van der Waals surface area contributed by atoms with Crippen LogP contribution in [0.1, 0.15) is 12.5 Å². The minimum Gasteiger partial charge on any atom is -0.492 e. The first-order chi connectivity index (χ1) is 11.2. The van der Waals surface area contributed by atoms with E-state index in [2.05, 4.69) is 16.6 Å². The van der Waals surface area contributed by atoms with Crippen molar-refractivity contribution in [1.82, 2.24) is 10.0 Å². The lowest BCUT2D eigenvalue weighted by molar-refractivity contribution is -0.116. The third-order valence-corrected chi connectivity index (χ3v) is 5.73. The second-order valence-electron chi connectivity index (χ2n) is 4.81. The topological polar surface area (TPSA) is 84.5 Å². The van der Waals surface area contributed by atoms with Crippen LogP contribution in [0.4, 0.5) is 0 Å². The van der Waals surface area contributed by atoms with Gasteiger partial charge in [-0.05, 0) is 36.8 Å². The summed E-state index contributed by atoms with van der Waals surface area (Å²) in [5.41, 5.74) is 0.652. The van der Waals surface area contributed by atoms with Crippen LogP contribution in [0.2, 0.25) is 5.02 Å². The molecule has 0 spiro atoms. The summed E-state index contributed by atoms with van der Waals surface area (Å²) in [5.74, 6) is 0.152. The molecule has 1 rings (SSSR count). The second-order valence-corrected chi connectivity index (χ2v) is 8.63. The van der Waals surface area contributed by atoms with Gasteiger partial charge in [0.1, 0.15) is 12.4 Å². The van der Waals surface area contributed by atoms with Gasteiger partial charge in [-0.1, -0.05) is 41.4 Å². The van der Waals surface area contributed by atoms with E-state index in [1.807, 2.05) is 0 Å². The molecular formula is C14H17Cl3N2O4S. The lowest BCUT2D eigenvalue weighted by Gasteiger charge is -2.16. The lowest BCUT2D eigenvalue weighted by atomic mass is 10.2. The van der Waals surface area contributed by atoms with E-state index in [0.29, 0.717) is 16.3 Å². The molecule has 0 aliphatic carbocycles. The molecule has 6 nitrogen and oxygen atoms in total. The normalized spacial score (nSPS) is 12.7. The van der Waals surface area contributed by atoms with Crippen molar-refractivity contribution in [3.8, 4) is 5.75 Å². The molecule has 0 fully saturated rings. The number of nitrogens with one attached hydrogen (secondary N) is 2. The van der Waals surface area contributed by atoms with Crippen molar-refractivity contribution >= 4 is 50.7 Å². The smallest absolute Gasteiger partial charge is 0.243 e. The Kier molecular flexibility index (Phi) is 8.32. The van der Waals surface area contributed by atoms with Gasteiger partial charge in [-0.25, -0.2) is 13.1 Å². The van der Waals surface area contributed by atoms with Gasteiger partial charge in [-0.15, -0.1) is 0 Å². The van der Waals surface area contributed by atoms with Crippen LogP contribution in [-0.2, 0) is 21.4 Å². The summed E-state index contributed by atoms with van der Waals surface area (Å²) >= 11 is 16.8. The lowest BCUT2D eigenvalue weighted by Crippen LogP contribution is -2.39. The molecule has 0 heterocycles. The first kappa shape index (κ1) is 21.1. The van der Waals surface area contributed by atoms with Crippen molar-refractivity contribution in [2.75, 3.05) is 6.61 Å². The molecule has 0 aliphatic rings. The SMILES string of the molecule is C=CC(=O)NCc1cc(OC[C@H](C)NS(=O)(=O)C(Cl)Cl)ccc1Cl. The monoisotopic (exact) mass is 414 g/mol. The van der Waals surface area contributed by atoms with Gasteiger partial charge in [0.15, 0.2) is 0 Å². The van der Waals surface area contributed by atoms with E-state index in [9.17, 15) is 13.2 Å². The summed E-state index contributed by atoms with van der Waals surface area (Å²) in [4.78, 5) is 11.2. The minimum atomic E-state index is -3.81. The molecule has 134 valence electrons. The van der Waals surface area contributed by atoms with Crippen LogP contribution in [0.25, 0.3) is 0 Å². The highest BCUT2D eigenvalue weighted by atomic mass is 35.5. The number of carbonyl (C=O) groups excluding carboxylic acids is 1. The summed E-state index contributed by atoms with van der Waals surface area (Å²) in [6, 6.07) is 4.36. The number of amides is 1. The molecule has 0 unspecified atom stereocenters. The number of rotatable bonds is 9. The zero-order valence-corrected chi connectivity index (χ0v) is 15.8. The van der Waals surface area contributed by atoms with E-state index < -0.39 is 20.2 Å². The van der Waals surface area contributed by atoms with Gasteiger partial charge in [0, 0.05) is 11.6 Å².